The number of halogens is 1. The van der Waals surface area contributed by atoms with Crippen molar-refractivity contribution in [3.63, 3.8) is 0 Å². The van der Waals surface area contributed by atoms with Crippen molar-refractivity contribution < 1.29 is 0 Å². The van der Waals surface area contributed by atoms with Gasteiger partial charge in [0.05, 0.1) is 0 Å². The van der Waals surface area contributed by atoms with Gasteiger partial charge in [-0.15, -0.1) is 0 Å². The molecule has 1 unspecified atom stereocenters. The van der Waals surface area contributed by atoms with Gasteiger partial charge in [0.1, 0.15) is 0 Å². The first-order chi connectivity index (χ1) is 8.51. The molecule has 0 spiro atoms. The van der Waals surface area contributed by atoms with Gasteiger partial charge in [0, 0.05) is 5.03 Å². The molecule has 1 heteroatoms. The zero-order chi connectivity index (χ0) is 14.0. The average Bonchev–Trinajstić information content (AvgIpc) is 2.34. The highest BCUT2D eigenvalue weighted by molar-refractivity contribution is 6.31. The molecule has 2 atom stereocenters. The van der Waals surface area contributed by atoms with Crippen LogP contribution in [0.2, 0.25) is 0 Å². The lowest BCUT2D eigenvalue weighted by Crippen LogP contribution is -2.02. The zero-order valence-electron chi connectivity index (χ0n) is 11.8. The van der Waals surface area contributed by atoms with Crippen molar-refractivity contribution in [3.8, 4) is 0 Å². The summed E-state index contributed by atoms with van der Waals surface area (Å²) >= 11 is 5.83. The maximum Gasteiger partial charge on any atom is 0.0363 e. The number of hydrogen-bond donors (Lipinski definition) is 0. The van der Waals surface area contributed by atoms with E-state index in [0.29, 0.717) is 16.9 Å². The third-order valence-corrected chi connectivity index (χ3v) is 3.16. The van der Waals surface area contributed by atoms with Crippen LogP contribution >= 0.6 is 11.6 Å². The molecule has 0 aromatic heterocycles. The topological polar surface area (TPSA) is 0 Å². The van der Waals surface area contributed by atoms with E-state index in [2.05, 4.69) is 45.2 Å². The first kappa shape index (κ1) is 17.0. The molecule has 0 aromatic rings. The Morgan fingerprint density at radius 3 is 2.56 bits per heavy atom. The Labute approximate surface area is 117 Å². The monoisotopic (exact) mass is 264 g/mol. The van der Waals surface area contributed by atoms with Gasteiger partial charge < -0.3 is 0 Å². The van der Waals surface area contributed by atoms with Crippen molar-refractivity contribution in [1.29, 1.82) is 0 Å². The molecule has 0 radical (unpaired) electrons. The minimum atomic E-state index is 0.521. The van der Waals surface area contributed by atoms with Crippen LogP contribution in [-0.2, 0) is 0 Å². The summed E-state index contributed by atoms with van der Waals surface area (Å²) in [5, 5.41) is 0.710. The summed E-state index contributed by atoms with van der Waals surface area (Å²) in [6.45, 7) is 14.2. The van der Waals surface area contributed by atoms with Crippen molar-refractivity contribution in [2.45, 2.75) is 33.6 Å². The van der Waals surface area contributed by atoms with Crippen molar-refractivity contribution >= 4 is 11.6 Å². The first-order valence-electron chi connectivity index (χ1n) is 6.47. The van der Waals surface area contributed by atoms with Crippen LogP contribution in [0, 0.1) is 11.8 Å². The molecule has 100 valence electrons. The highest BCUT2D eigenvalue weighted by atomic mass is 35.5. The SMILES string of the molecule is C=C/C(Cl)=C\CC=CC(C)C[C@@H](C)C(=C)/C=C\C. The standard InChI is InChI=1S/C17H25Cl/c1-6-10-15(4)16(5)13-14(3)11-8-9-12-17(18)7-2/h6-8,10-12,14,16H,2,4,9,13H2,1,3,5H3/b10-6-,11-8?,17-12+/t14?,16-/m1/s1. The van der Waals surface area contributed by atoms with Crippen molar-refractivity contribution in [2.75, 3.05) is 0 Å². The fourth-order valence-corrected chi connectivity index (χ4v) is 1.83. The summed E-state index contributed by atoms with van der Waals surface area (Å²) in [5.74, 6) is 1.08. The van der Waals surface area contributed by atoms with Gasteiger partial charge in [0.2, 0.25) is 0 Å². The van der Waals surface area contributed by atoms with E-state index in [1.807, 2.05) is 19.1 Å². The molecule has 0 aromatic carbocycles. The summed E-state index contributed by atoms with van der Waals surface area (Å²) in [5.41, 5.74) is 1.20. The molecule has 18 heavy (non-hydrogen) atoms. The number of hydrogen-bond acceptors (Lipinski definition) is 0. The van der Waals surface area contributed by atoms with E-state index in [-0.39, 0.29) is 0 Å². The Morgan fingerprint density at radius 1 is 1.33 bits per heavy atom. The van der Waals surface area contributed by atoms with Crippen LogP contribution in [0.1, 0.15) is 33.6 Å². The summed E-state index contributed by atoms with van der Waals surface area (Å²) < 4.78 is 0. The van der Waals surface area contributed by atoms with Gasteiger partial charge in [-0.05, 0) is 31.6 Å². The Bertz CT molecular complexity index is 345. The second-order valence-electron chi connectivity index (χ2n) is 4.65. The van der Waals surface area contributed by atoms with E-state index < -0.39 is 0 Å². The molecule has 0 aliphatic heterocycles. The lowest BCUT2D eigenvalue weighted by atomic mass is 9.91. The van der Waals surface area contributed by atoms with Crippen LogP contribution < -0.4 is 0 Å². The maximum atomic E-state index is 5.83. The molecule has 0 amide bonds. The zero-order valence-corrected chi connectivity index (χ0v) is 12.6. The third kappa shape index (κ3) is 8.14. The predicted molar refractivity (Wildman–Crippen MR) is 84.8 cm³/mol. The van der Waals surface area contributed by atoms with Gasteiger partial charge in [-0.25, -0.2) is 0 Å². The minimum Gasteiger partial charge on any atom is -0.0976 e. The van der Waals surface area contributed by atoms with Gasteiger partial charge in [-0.3, -0.25) is 0 Å². The molecule has 0 aliphatic rings. The van der Waals surface area contributed by atoms with E-state index in [0.717, 1.165) is 12.8 Å². The summed E-state index contributed by atoms with van der Waals surface area (Å²) in [4.78, 5) is 0. The van der Waals surface area contributed by atoms with Gasteiger partial charge in [-0.1, -0.05) is 80.6 Å². The van der Waals surface area contributed by atoms with Crippen molar-refractivity contribution in [1.82, 2.24) is 0 Å². The van der Waals surface area contributed by atoms with E-state index in [1.165, 1.54) is 5.57 Å². The van der Waals surface area contributed by atoms with E-state index >= 15 is 0 Å². The molecular formula is C17H25Cl. The maximum absolute atomic E-state index is 5.83. The molecule has 0 saturated carbocycles. The van der Waals surface area contributed by atoms with E-state index in [9.17, 15) is 0 Å². The summed E-state index contributed by atoms with van der Waals surface area (Å²) in [6.07, 6.45) is 14.1. The van der Waals surface area contributed by atoms with Crippen LogP contribution in [0.4, 0.5) is 0 Å². The van der Waals surface area contributed by atoms with Crippen LogP contribution in [0.15, 0.2) is 60.2 Å². The average molecular weight is 265 g/mol. The van der Waals surface area contributed by atoms with Gasteiger partial charge >= 0.3 is 0 Å². The lowest BCUT2D eigenvalue weighted by Gasteiger charge is -2.14. The second-order valence-corrected chi connectivity index (χ2v) is 5.08. The molecule has 0 N–H and O–H groups in total. The molecule has 0 bridgehead atoms. The normalized spacial score (nSPS) is 16.1. The molecular weight excluding hydrogens is 240 g/mol. The lowest BCUT2D eigenvalue weighted by molar-refractivity contribution is 0.530. The van der Waals surface area contributed by atoms with E-state index in [1.54, 1.807) is 6.08 Å². The fraction of sp³-hybridized carbons (Fsp3) is 0.412. The highest BCUT2D eigenvalue weighted by Gasteiger charge is 2.07. The first-order valence-corrected chi connectivity index (χ1v) is 6.85. The van der Waals surface area contributed by atoms with Crippen LogP contribution in [0.3, 0.4) is 0 Å². The fourth-order valence-electron chi connectivity index (χ4n) is 1.74. The van der Waals surface area contributed by atoms with Gasteiger partial charge in [0.15, 0.2) is 0 Å². The largest absolute Gasteiger partial charge is 0.0976 e. The summed E-state index contributed by atoms with van der Waals surface area (Å²) in [7, 11) is 0. The predicted octanol–water partition coefficient (Wildman–Crippen LogP) is 6.04. The molecule has 0 rings (SSSR count). The Morgan fingerprint density at radius 2 is 2.00 bits per heavy atom. The van der Waals surface area contributed by atoms with Crippen LogP contribution in [0.25, 0.3) is 0 Å². The quantitative estimate of drug-likeness (QED) is 0.371. The van der Waals surface area contributed by atoms with Gasteiger partial charge in [0.25, 0.3) is 0 Å². The van der Waals surface area contributed by atoms with Crippen LogP contribution in [-0.4, -0.2) is 0 Å². The summed E-state index contributed by atoms with van der Waals surface area (Å²) in [6, 6.07) is 0. The molecule has 0 heterocycles. The van der Waals surface area contributed by atoms with Gasteiger partial charge in [-0.2, -0.15) is 0 Å². The highest BCUT2D eigenvalue weighted by Crippen LogP contribution is 2.20. The molecule has 0 nitrogen and oxygen atoms in total. The molecule has 0 fully saturated rings. The second kappa shape index (κ2) is 9.96. The van der Waals surface area contributed by atoms with E-state index in [4.69, 9.17) is 11.6 Å². The minimum absolute atomic E-state index is 0.521. The van der Waals surface area contributed by atoms with Crippen molar-refractivity contribution in [3.05, 3.63) is 60.2 Å². The Kier molecular flexibility index (Phi) is 9.40. The van der Waals surface area contributed by atoms with Crippen LogP contribution in [0.5, 0.6) is 0 Å². The Balaban J connectivity index is 4.10. The number of allylic oxidation sites excluding steroid dienone is 8. The molecule has 0 saturated heterocycles. The smallest absolute Gasteiger partial charge is 0.0363 e. The van der Waals surface area contributed by atoms with Crippen molar-refractivity contribution in [2.24, 2.45) is 11.8 Å². The molecule has 0 aliphatic carbocycles. The number of rotatable bonds is 8. The third-order valence-electron chi connectivity index (χ3n) is 2.85. The Hall–Kier alpha value is -1.01.